The van der Waals surface area contributed by atoms with Crippen molar-refractivity contribution in [3.63, 3.8) is 0 Å². The van der Waals surface area contributed by atoms with E-state index in [2.05, 4.69) is 5.32 Å². The van der Waals surface area contributed by atoms with E-state index in [4.69, 9.17) is 9.47 Å². The lowest BCUT2D eigenvalue weighted by atomic mass is 10.1. The summed E-state index contributed by atoms with van der Waals surface area (Å²) in [5, 5.41) is 13.3. The second kappa shape index (κ2) is 9.75. The Morgan fingerprint density at radius 1 is 1.06 bits per heavy atom. The van der Waals surface area contributed by atoms with Gasteiger partial charge in [-0.05, 0) is 54.8 Å². The number of carbonyl (C=O) groups excluding carboxylic acids is 2. The smallest absolute Gasteiger partial charge is 0.329 e. The molecule has 0 unspecified atom stereocenters. The van der Waals surface area contributed by atoms with E-state index in [0.717, 1.165) is 5.56 Å². The summed E-state index contributed by atoms with van der Waals surface area (Å²) in [6.07, 6.45) is 2.28. The van der Waals surface area contributed by atoms with Crippen LogP contribution in [0.4, 0.5) is 10.5 Å². The van der Waals surface area contributed by atoms with Gasteiger partial charge in [0.1, 0.15) is 12.3 Å². The van der Waals surface area contributed by atoms with Crippen LogP contribution in [0.3, 0.4) is 0 Å². The minimum absolute atomic E-state index is 0.0159. The molecule has 9 heteroatoms. The highest BCUT2D eigenvalue weighted by Crippen LogP contribution is 2.30. The van der Waals surface area contributed by atoms with Crippen LogP contribution >= 0.6 is 0 Å². The summed E-state index contributed by atoms with van der Waals surface area (Å²) in [5.41, 5.74) is 1.67. The quantitative estimate of drug-likeness (QED) is 0.283. The summed E-state index contributed by atoms with van der Waals surface area (Å²) < 4.78 is 11.5. The molecule has 0 aromatic heterocycles. The number of ether oxygens (including phenoxy) is 2. The van der Waals surface area contributed by atoms with Crippen LogP contribution in [-0.2, 0) is 11.4 Å². The average Bonchev–Trinajstić information content (AvgIpc) is 3.01. The third-order valence-corrected chi connectivity index (χ3v) is 4.53. The highest BCUT2D eigenvalue weighted by molar-refractivity contribution is 6.13. The van der Waals surface area contributed by atoms with Crippen LogP contribution in [0.5, 0.6) is 11.5 Å². The first kappa shape index (κ1) is 21.8. The third kappa shape index (κ3) is 5.19. The molecule has 1 N–H and O–H groups in total. The van der Waals surface area contributed by atoms with Crippen molar-refractivity contribution in [2.24, 2.45) is 0 Å². The monoisotopic (exact) mass is 425 g/mol. The number of nitro benzene ring substituents is 1. The number of nitrogens with one attached hydrogen (secondary N) is 1. The Balaban J connectivity index is 1.76. The molecule has 1 heterocycles. The van der Waals surface area contributed by atoms with Crippen LogP contribution in [0.25, 0.3) is 6.08 Å². The van der Waals surface area contributed by atoms with Gasteiger partial charge in [-0.15, -0.1) is 0 Å². The normalized spacial score (nSPS) is 14.6. The van der Waals surface area contributed by atoms with Crippen molar-refractivity contribution < 1.29 is 24.0 Å². The lowest BCUT2D eigenvalue weighted by molar-refractivity contribution is -0.384. The van der Waals surface area contributed by atoms with Crippen LogP contribution in [0.15, 0.2) is 48.2 Å². The molecule has 0 bridgehead atoms. The van der Waals surface area contributed by atoms with Crippen LogP contribution in [0.1, 0.15) is 31.4 Å². The molecule has 1 saturated heterocycles. The molecule has 3 amide bonds. The Morgan fingerprint density at radius 2 is 1.81 bits per heavy atom. The van der Waals surface area contributed by atoms with Gasteiger partial charge in [0, 0.05) is 18.7 Å². The van der Waals surface area contributed by atoms with Gasteiger partial charge in [0.15, 0.2) is 11.5 Å². The van der Waals surface area contributed by atoms with Crippen molar-refractivity contribution in [2.75, 3.05) is 13.2 Å². The van der Waals surface area contributed by atoms with E-state index in [9.17, 15) is 19.7 Å². The van der Waals surface area contributed by atoms with E-state index >= 15 is 0 Å². The fourth-order valence-corrected chi connectivity index (χ4v) is 3.04. The predicted molar refractivity (Wildman–Crippen MR) is 114 cm³/mol. The highest BCUT2D eigenvalue weighted by Gasteiger charge is 2.32. The molecule has 0 radical (unpaired) electrons. The molecule has 1 fully saturated rings. The zero-order valence-electron chi connectivity index (χ0n) is 17.3. The molecule has 3 rings (SSSR count). The van der Waals surface area contributed by atoms with Gasteiger partial charge in [0.25, 0.3) is 11.6 Å². The molecule has 9 nitrogen and oxygen atoms in total. The van der Waals surface area contributed by atoms with E-state index in [1.54, 1.807) is 36.4 Å². The third-order valence-electron chi connectivity index (χ3n) is 4.53. The molecule has 0 saturated carbocycles. The number of hydrogen-bond acceptors (Lipinski definition) is 6. The Morgan fingerprint density at radius 3 is 2.45 bits per heavy atom. The minimum Gasteiger partial charge on any atom is -0.490 e. The molecular formula is C22H23N3O6. The Bertz CT molecular complexity index is 1020. The van der Waals surface area contributed by atoms with Gasteiger partial charge in [0.05, 0.1) is 11.5 Å². The van der Waals surface area contributed by atoms with E-state index < -0.39 is 11.0 Å². The number of non-ortho nitro benzene ring substituents is 1. The average molecular weight is 425 g/mol. The van der Waals surface area contributed by atoms with Crippen molar-refractivity contribution >= 4 is 23.7 Å². The second-order valence-electron chi connectivity index (χ2n) is 6.80. The van der Waals surface area contributed by atoms with Crippen molar-refractivity contribution in [2.45, 2.75) is 26.9 Å². The number of benzene rings is 2. The molecule has 0 spiro atoms. The van der Waals surface area contributed by atoms with Crippen molar-refractivity contribution in [1.82, 2.24) is 10.2 Å². The van der Waals surface area contributed by atoms with Crippen LogP contribution < -0.4 is 14.8 Å². The zero-order valence-corrected chi connectivity index (χ0v) is 17.3. The van der Waals surface area contributed by atoms with Crippen LogP contribution in [0, 0.1) is 10.1 Å². The molecule has 0 aliphatic carbocycles. The molecule has 1 aliphatic heterocycles. The first-order valence-electron chi connectivity index (χ1n) is 9.90. The molecule has 2 aromatic carbocycles. The minimum atomic E-state index is -0.454. The topological polar surface area (TPSA) is 111 Å². The summed E-state index contributed by atoms with van der Waals surface area (Å²) in [7, 11) is 0. The summed E-state index contributed by atoms with van der Waals surface area (Å²) in [6.45, 7) is 4.72. The largest absolute Gasteiger partial charge is 0.490 e. The molecular weight excluding hydrogens is 402 g/mol. The van der Waals surface area contributed by atoms with Gasteiger partial charge in [-0.3, -0.25) is 19.8 Å². The molecule has 162 valence electrons. The first-order valence-corrected chi connectivity index (χ1v) is 9.90. The summed E-state index contributed by atoms with van der Waals surface area (Å²) >= 11 is 0. The van der Waals surface area contributed by atoms with Gasteiger partial charge in [-0.2, -0.15) is 0 Å². The summed E-state index contributed by atoms with van der Waals surface area (Å²) in [4.78, 5) is 35.8. The van der Waals surface area contributed by atoms with Crippen LogP contribution in [0.2, 0.25) is 0 Å². The summed E-state index contributed by atoms with van der Waals surface area (Å²) in [5.74, 6) is 0.626. The van der Waals surface area contributed by atoms with Gasteiger partial charge in [-0.1, -0.05) is 13.0 Å². The lowest BCUT2D eigenvalue weighted by Crippen LogP contribution is -2.31. The van der Waals surface area contributed by atoms with Crippen molar-refractivity contribution in [1.29, 1.82) is 0 Å². The fourth-order valence-electron chi connectivity index (χ4n) is 3.04. The first-order chi connectivity index (χ1) is 14.9. The van der Waals surface area contributed by atoms with E-state index in [-0.39, 0.29) is 23.9 Å². The Kier molecular flexibility index (Phi) is 6.86. The van der Waals surface area contributed by atoms with Gasteiger partial charge >= 0.3 is 6.03 Å². The number of imide groups is 1. The van der Waals surface area contributed by atoms with Gasteiger partial charge < -0.3 is 14.8 Å². The second-order valence-corrected chi connectivity index (χ2v) is 6.80. The highest BCUT2D eigenvalue weighted by atomic mass is 16.6. The number of rotatable bonds is 9. The van der Waals surface area contributed by atoms with Crippen LogP contribution in [-0.4, -0.2) is 34.9 Å². The fraction of sp³-hybridized carbons (Fsp3) is 0.273. The number of nitro groups is 1. The number of carbonyl (C=O) groups is 2. The van der Waals surface area contributed by atoms with E-state index in [1.807, 2.05) is 13.8 Å². The maximum Gasteiger partial charge on any atom is 0.329 e. The number of nitrogens with zero attached hydrogens (tertiary/aromatic N) is 2. The van der Waals surface area contributed by atoms with Crippen molar-refractivity contribution in [3.8, 4) is 11.5 Å². The Labute approximate surface area is 179 Å². The maximum atomic E-state index is 12.4. The predicted octanol–water partition coefficient (Wildman–Crippen LogP) is 3.88. The van der Waals surface area contributed by atoms with Gasteiger partial charge in [-0.25, -0.2) is 4.79 Å². The molecule has 0 atom stereocenters. The standard InChI is InChI=1S/C22H23N3O6/c1-3-11-24-21(26)18(23-22(24)27)12-16-7-10-19(20(13-16)30-4-2)31-14-15-5-8-17(9-6-15)25(28)29/h5-10,12-13H,3-4,11,14H2,1-2H3,(H,23,27)/b18-12+. The SMILES string of the molecule is CCCN1C(=O)N/C(=C/c2ccc(OCc3ccc([N+](=O)[O-])cc3)c(OCC)c2)C1=O. The Hall–Kier alpha value is -3.88. The van der Waals surface area contributed by atoms with E-state index in [0.29, 0.717) is 36.6 Å². The zero-order chi connectivity index (χ0) is 22.4. The number of amides is 3. The van der Waals surface area contributed by atoms with E-state index in [1.165, 1.54) is 17.0 Å². The lowest BCUT2D eigenvalue weighted by Gasteiger charge is -2.13. The number of hydrogen-bond donors (Lipinski definition) is 1. The summed E-state index contributed by atoms with van der Waals surface area (Å²) in [6, 6.07) is 10.9. The molecule has 31 heavy (non-hydrogen) atoms. The van der Waals surface area contributed by atoms with Crippen molar-refractivity contribution in [3.05, 3.63) is 69.4 Å². The number of urea groups is 1. The molecule has 1 aliphatic rings. The maximum absolute atomic E-state index is 12.4. The molecule has 2 aromatic rings. The van der Waals surface area contributed by atoms with Gasteiger partial charge in [0.2, 0.25) is 0 Å².